The molecule has 0 saturated heterocycles. The summed E-state index contributed by atoms with van der Waals surface area (Å²) in [6.45, 7) is 0.742. The highest BCUT2D eigenvalue weighted by molar-refractivity contribution is 7.07. The van der Waals surface area contributed by atoms with Crippen molar-refractivity contribution in [3.8, 4) is 0 Å². The number of carbonyl (C=O) groups is 1. The maximum absolute atomic E-state index is 11.4. The first-order valence-corrected chi connectivity index (χ1v) is 5.54. The molecule has 4 heteroatoms. The van der Waals surface area contributed by atoms with Crippen LogP contribution in [0.4, 0.5) is 0 Å². The number of carbonyl (C=O) groups excluding carboxylic acids is 1. The summed E-state index contributed by atoms with van der Waals surface area (Å²) in [6, 6.07) is 2.01. The molecule has 0 aliphatic carbocycles. The molecule has 1 aromatic rings. The van der Waals surface area contributed by atoms with Crippen molar-refractivity contribution in [1.29, 1.82) is 0 Å². The van der Waals surface area contributed by atoms with Crippen LogP contribution in [0.15, 0.2) is 16.8 Å². The van der Waals surface area contributed by atoms with Crippen molar-refractivity contribution in [3.63, 3.8) is 0 Å². The van der Waals surface area contributed by atoms with Gasteiger partial charge in [0.25, 0.3) is 0 Å². The molecule has 0 unspecified atom stereocenters. The van der Waals surface area contributed by atoms with Gasteiger partial charge in [-0.25, -0.2) is 0 Å². The zero-order valence-corrected chi connectivity index (χ0v) is 9.09. The van der Waals surface area contributed by atoms with E-state index in [9.17, 15) is 4.79 Å². The van der Waals surface area contributed by atoms with E-state index in [2.05, 4.69) is 0 Å². The second-order valence-corrected chi connectivity index (χ2v) is 3.99. The number of hydrogen-bond donors (Lipinski definition) is 1. The lowest BCUT2D eigenvalue weighted by atomic mass is 10.2. The van der Waals surface area contributed by atoms with Gasteiger partial charge in [-0.1, -0.05) is 0 Å². The third kappa shape index (κ3) is 3.47. The van der Waals surface area contributed by atoms with Crippen LogP contribution in [0.3, 0.4) is 0 Å². The Balaban J connectivity index is 2.34. The summed E-state index contributed by atoms with van der Waals surface area (Å²) in [7, 11) is 1.79. The molecule has 0 aromatic carbocycles. The number of thiophene rings is 1. The van der Waals surface area contributed by atoms with Crippen LogP contribution >= 0.6 is 11.3 Å². The zero-order chi connectivity index (χ0) is 10.4. The van der Waals surface area contributed by atoms with Crippen LogP contribution in [-0.4, -0.2) is 29.6 Å². The van der Waals surface area contributed by atoms with Crippen LogP contribution in [0, 0.1) is 0 Å². The Hall–Kier alpha value is -0.870. The highest BCUT2D eigenvalue weighted by Gasteiger charge is 2.08. The van der Waals surface area contributed by atoms with Gasteiger partial charge in [0, 0.05) is 26.6 Å². The smallest absolute Gasteiger partial charge is 0.222 e. The van der Waals surface area contributed by atoms with E-state index in [4.69, 9.17) is 5.11 Å². The van der Waals surface area contributed by atoms with Crippen LogP contribution in [0.2, 0.25) is 0 Å². The molecule has 0 radical (unpaired) electrons. The maximum atomic E-state index is 11.4. The van der Waals surface area contributed by atoms with Crippen LogP contribution in [-0.2, 0) is 11.3 Å². The number of nitrogens with zero attached hydrogens (tertiary/aromatic N) is 1. The maximum Gasteiger partial charge on any atom is 0.222 e. The second kappa shape index (κ2) is 5.78. The molecule has 0 spiro atoms. The summed E-state index contributed by atoms with van der Waals surface area (Å²) in [4.78, 5) is 13.1. The van der Waals surface area contributed by atoms with Crippen LogP contribution < -0.4 is 0 Å². The number of rotatable bonds is 5. The van der Waals surface area contributed by atoms with Crippen molar-refractivity contribution in [2.75, 3.05) is 13.7 Å². The summed E-state index contributed by atoms with van der Waals surface area (Å²) >= 11 is 1.63. The first-order valence-electron chi connectivity index (χ1n) is 4.60. The average Bonchev–Trinajstić information content (AvgIpc) is 2.66. The highest BCUT2D eigenvalue weighted by Crippen LogP contribution is 2.09. The molecule has 0 aliphatic heterocycles. The van der Waals surface area contributed by atoms with Crippen molar-refractivity contribution in [2.24, 2.45) is 0 Å². The normalized spacial score (nSPS) is 10.1. The van der Waals surface area contributed by atoms with Crippen molar-refractivity contribution in [1.82, 2.24) is 4.90 Å². The molecule has 1 amide bonds. The highest BCUT2D eigenvalue weighted by atomic mass is 32.1. The van der Waals surface area contributed by atoms with Gasteiger partial charge in [0.1, 0.15) is 0 Å². The van der Waals surface area contributed by atoms with E-state index in [1.54, 1.807) is 23.3 Å². The fourth-order valence-corrected chi connectivity index (χ4v) is 1.83. The van der Waals surface area contributed by atoms with Crippen molar-refractivity contribution >= 4 is 17.2 Å². The summed E-state index contributed by atoms with van der Waals surface area (Å²) in [5.41, 5.74) is 1.16. The quantitative estimate of drug-likeness (QED) is 0.804. The third-order valence-corrected chi connectivity index (χ3v) is 2.71. The van der Waals surface area contributed by atoms with Crippen LogP contribution in [0.1, 0.15) is 18.4 Å². The summed E-state index contributed by atoms with van der Waals surface area (Å²) < 4.78 is 0. The molecule has 14 heavy (non-hydrogen) atoms. The minimum atomic E-state index is 0.0814. The summed E-state index contributed by atoms with van der Waals surface area (Å²) in [5, 5.41) is 12.6. The number of amides is 1. The molecule has 0 fully saturated rings. The molecule has 78 valence electrons. The van der Waals surface area contributed by atoms with E-state index in [1.165, 1.54) is 0 Å². The Morgan fingerprint density at radius 3 is 3.00 bits per heavy atom. The van der Waals surface area contributed by atoms with Gasteiger partial charge in [0.2, 0.25) is 5.91 Å². The van der Waals surface area contributed by atoms with E-state index in [-0.39, 0.29) is 12.5 Å². The molecule has 0 aliphatic rings. The standard InChI is InChI=1S/C10H15NO2S/c1-11(10(13)3-2-5-12)7-9-4-6-14-8-9/h4,6,8,12H,2-3,5,7H2,1H3. The van der Waals surface area contributed by atoms with E-state index >= 15 is 0 Å². The molecule has 1 rings (SSSR count). The lowest BCUT2D eigenvalue weighted by Crippen LogP contribution is -2.25. The van der Waals surface area contributed by atoms with Crippen LogP contribution in [0.25, 0.3) is 0 Å². The molecule has 0 bridgehead atoms. The largest absolute Gasteiger partial charge is 0.396 e. The van der Waals surface area contributed by atoms with Crippen LogP contribution in [0.5, 0.6) is 0 Å². The van der Waals surface area contributed by atoms with Crippen molar-refractivity contribution in [3.05, 3.63) is 22.4 Å². The topological polar surface area (TPSA) is 40.5 Å². The van der Waals surface area contributed by atoms with Gasteiger partial charge in [-0.3, -0.25) is 4.79 Å². The SMILES string of the molecule is CN(Cc1ccsc1)C(=O)CCCO. The zero-order valence-electron chi connectivity index (χ0n) is 8.27. The van der Waals surface area contributed by atoms with Gasteiger partial charge in [-0.05, 0) is 28.8 Å². The Morgan fingerprint density at radius 1 is 1.64 bits per heavy atom. The molecule has 1 N–H and O–H groups in total. The first-order chi connectivity index (χ1) is 6.74. The first kappa shape index (κ1) is 11.2. The molecular formula is C10H15NO2S. The predicted molar refractivity (Wildman–Crippen MR) is 57.1 cm³/mol. The third-order valence-electron chi connectivity index (χ3n) is 1.97. The Kier molecular flexibility index (Phi) is 4.62. The van der Waals surface area contributed by atoms with E-state index in [0.717, 1.165) is 5.56 Å². The van der Waals surface area contributed by atoms with E-state index in [1.807, 2.05) is 16.8 Å². The fraction of sp³-hybridized carbons (Fsp3) is 0.500. The van der Waals surface area contributed by atoms with Gasteiger partial charge in [-0.2, -0.15) is 11.3 Å². The molecule has 0 saturated carbocycles. The summed E-state index contributed by atoms with van der Waals surface area (Å²) in [6.07, 6.45) is 0.976. The Bertz CT molecular complexity index is 272. The lowest BCUT2D eigenvalue weighted by Gasteiger charge is -2.15. The lowest BCUT2D eigenvalue weighted by molar-refractivity contribution is -0.130. The van der Waals surface area contributed by atoms with Gasteiger partial charge >= 0.3 is 0 Å². The van der Waals surface area contributed by atoms with Gasteiger partial charge in [-0.15, -0.1) is 0 Å². The average molecular weight is 213 g/mol. The van der Waals surface area contributed by atoms with E-state index < -0.39 is 0 Å². The number of hydrogen-bond acceptors (Lipinski definition) is 3. The molecule has 1 heterocycles. The monoisotopic (exact) mass is 213 g/mol. The Morgan fingerprint density at radius 2 is 2.43 bits per heavy atom. The van der Waals surface area contributed by atoms with E-state index in [0.29, 0.717) is 19.4 Å². The Labute approximate surface area is 88.0 Å². The van der Waals surface area contributed by atoms with Gasteiger partial charge in [0.15, 0.2) is 0 Å². The second-order valence-electron chi connectivity index (χ2n) is 3.21. The fourth-order valence-electron chi connectivity index (χ4n) is 1.17. The van der Waals surface area contributed by atoms with Gasteiger partial charge < -0.3 is 10.0 Å². The molecule has 0 atom stereocenters. The molecular weight excluding hydrogens is 198 g/mol. The summed E-state index contributed by atoms with van der Waals surface area (Å²) in [5.74, 6) is 0.0882. The minimum absolute atomic E-state index is 0.0814. The molecule has 1 aromatic heterocycles. The minimum Gasteiger partial charge on any atom is -0.396 e. The van der Waals surface area contributed by atoms with Crippen molar-refractivity contribution < 1.29 is 9.90 Å². The molecule has 3 nitrogen and oxygen atoms in total. The number of aliphatic hydroxyl groups excluding tert-OH is 1. The predicted octanol–water partition coefficient (Wildman–Crippen LogP) is 1.48. The van der Waals surface area contributed by atoms with Gasteiger partial charge in [0.05, 0.1) is 0 Å². The number of aliphatic hydroxyl groups is 1. The van der Waals surface area contributed by atoms with Crippen molar-refractivity contribution in [2.45, 2.75) is 19.4 Å².